The van der Waals surface area contributed by atoms with E-state index in [2.05, 4.69) is 0 Å². The predicted molar refractivity (Wildman–Crippen MR) is 104 cm³/mol. The van der Waals surface area contributed by atoms with E-state index >= 15 is 0 Å². The third-order valence-corrected chi connectivity index (χ3v) is 5.36. The highest BCUT2D eigenvalue weighted by Crippen LogP contribution is 2.28. The monoisotopic (exact) mass is 415 g/mol. The summed E-state index contributed by atoms with van der Waals surface area (Å²) in [4.78, 5) is 38.6. The number of hydrogen-bond donors (Lipinski definition) is 0. The number of carbonyl (C=O) groups is 3. The maximum atomic E-state index is 13.4. The number of fused-ring (bicyclic) bond motifs is 1. The molecular formula is C22H22FNO6. The van der Waals surface area contributed by atoms with Crippen molar-refractivity contribution in [2.75, 3.05) is 26.3 Å². The van der Waals surface area contributed by atoms with E-state index < -0.39 is 11.9 Å². The Labute approximate surface area is 172 Å². The molecule has 1 saturated heterocycles. The van der Waals surface area contributed by atoms with Crippen molar-refractivity contribution in [3.8, 4) is 5.75 Å². The van der Waals surface area contributed by atoms with Crippen LogP contribution in [0.1, 0.15) is 56.6 Å². The van der Waals surface area contributed by atoms with Gasteiger partial charge in [0.2, 0.25) is 0 Å². The maximum Gasteiger partial charge on any atom is 0.258 e. The van der Waals surface area contributed by atoms with Crippen LogP contribution >= 0.6 is 0 Å². The summed E-state index contributed by atoms with van der Waals surface area (Å²) in [6.07, 6.45) is 2.75. The molecule has 4 rings (SSSR count). The molecule has 1 fully saturated rings. The quantitative estimate of drug-likeness (QED) is 0.698. The molecule has 1 aromatic carbocycles. The number of ketones is 2. The Hall–Kier alpha value is -3.00. The molecule has 0 saturated carbocycles. The number of nitrogens with zero attached hydrogens (tertiary/aromatic N) is 1. The fourth-order valence-electron chi connectivity index (χ4n) is 3.84. The molecule has 2 aromatic rings. The van der Waals surface area contributed by atoms with Gasteiger partial charge in [-0.1, -0.05) is 0 Å². The summed E-state index contributed by atoms with van der Waals surface area (Å²) in [5, 5.41) is 0. The smallest absolute Gasteiger partial charge is 0.258 e. The highest BCUT2D eigenvalue weighted by Gasteiger charge is 2.32. The van der Waals surface area contributed by atoms with Crippen LogP contribution in [0.5, 0.6) is 5.75 Å². The Morgan fingerprint density at radius 1 is 1.27 bits per heavy atom. The zero-order chi connectivity index (χ0) is 21.3. The first-order valence-corrected chi connectivity index (χ1v) is 9.91. The highest BCUT2D eigenvalue weighted by atomic mass is 19.1. The molecule has 0 spiro atoms. The molecule has 1 aromatic heterocycles. The number of hydrogen-bond acceptors (Lipinski definition) is 6. The standard InChI is InChI=1S/C22H22FNO6/c1-13(25)16-9-14(23)5-6-19(16)29-11-15-10-24(7-8-28-15)22(27)17-12-30-20-4-2-3-18(26)21(17)20/h5-6,9,12,15H,2-4,7-8,10-11H2,1H3. The molecule has 7 nitrogen and oxygen atoms in total. The van der Waals surface area contributed by atoms with Gasteiger partial charge in [0, 0.05) is 19.4 Å². The first kappa shape index (κ1) is 20.3. The van der Waals surface area contributed by atoms with Crippen LogP contribution in [0, 0.1) is 5.82 Å². The van der Waals surface area contributed by atoms with E-state index in [0.29, 0.717) is 42.9 Å². The largest absolute Gasteiger partial charge is 0.490 e. The minimum atomic E-state index is -0.517. The molecule has 0 N–H and O–H groups in total. The van der Waals surface area contributed by atoms with Crippen LogP contribution in [0.25, 0.3) is 0 Å². The van der Waals surface area contributed by atoms with Gasteiger partial charge in [0.05, 0.1) is 29.8 Å². The van der Waals surface area contributed by atoms with Crippen molar-refractivity contribution in [1.82, 2.24) is 4.90 Å². The van der Waals surface area contributed by atoms with Gasteiger partial charge in [0.15, 0.2) is 11.6 Å². The van der Waals surface area contributed by atoms with Gasteiger partial charge in [0.1, 0.15) is 36.3 Å². The van der Waals surface area contributed by atoms with E-state index in [-0.39, 0.29) is 41.9 Å². The molecule has 1 aliphatic heterocycles. The van der Waals surface area contributed by atoms with Gasteiger partial charge >= 0.3 is 0 Å². The van der Waals surface area contributed by atoms with Crippen LogP contribution in [0.3, 0.4) is 0 Å². The molecule has 0 bridgehead atoms. The number of halogens is 1. The van der Waals surface area contributed by atoms with Crippen LogP contribution in [0.2, 0.25) is 0 Å². The summed E-state index contributed by atoms with van der Waals surface area (Å²) in [6.45, 7) is 2.41. The Bertz CT molecular complexity index is 998. The maximum absolute atomic E-state index is 13.4. The van der Waals surface area contributed by atoms with E-state index in [1.165, 1.54) is 25.3 Å². The first-order chi connectivity index (χ1) is 14.4. The van der Waals surface area contributed by atoms with E-state index in [0.717, 1.165) is 12.5 Å². The lowest BCUT2D eigenvalue weighted by atomic mass is 9.93. The molecule has 0 radical (unpaired) electrons. The predicted octanol–water partition coefficient (Wildman–Crippen LogP) is 3.06. The Kier molecular flexibility index (Phi) is 5.67. The van der Waals surface area contributed by atoms with Gasteiger partial charge in [-0.15, -0.1) is 0 Å². The van der Waals surface area contributed by atoms with Crippen molar-refractivity contribution in [1.29, 1.82) is 0 Å². The van der Waals surface area contributed by atoms with Crippen molar-refractivity contribution in [3.05, 3.63) is 52.7 Å². The number of morpholine rings is 1. The van der Waals surface area contributed by atoms with Crippen molar-refractivity contribution >= 4 is 17.5 Å². The van der Waals surface area contributed by atoms with Crippen LogP contribution in [0.15, 0.2) is 28.9 Å². The van der Waals surface area contributed by atoms with E-state index in [4.69, 9.17) is 13.9 Å². The molecule has 1 atom stereocenters. The zero-order valence-corrected chi connectivity index (χ0v) is 16.6. The van der Waals surface area contributed by atoms with Gasteiger partial charge < -0.3 is 18.8 Å². The zero-order valence-electron chi connectivity index (χ0n) is 16.6. The number of rotatable bonds is 5. The van der Waals surface area contributed by atoms with Crippen molar-refractivity contribution < 1.29 is 32.7 Å². The summed E-state index contributed by atoms with van der Waals surface area (Å²) in [7, 11) is 0. The average molecular weight is 415 g/mol. The summed E-state index contributed by atoms with van der Waals surface area (Å²) in [5.41, 5.74) is 0.860. The molecule has 8 heteroatoms. The van der Waals surface area contributed by atoms with Crippen LogP contribution < -0.4 is 4.74 Å². The lowest BCUT2D eigenvalue weighted by Gasteiger charge is -2.33. The second kappa shape index (κ2) is 8.39. The lowest BCUT2D eigenvalue weighted by Crippen LogP contribution is -2.47. The number of furan rings is 1. The van der Waals surface area contributed by atoms with Crippen LogP contribution in [-0.4, -0.2) is 54.8 Å². The normalized spacial score (nSPS) is 18.8. The van der Waals surface area contributed by atoms with Crippen molar-refractivity contribution in [2.45, 2.75) is 32.3 Å². The third kappa shape index (κ3) is 4.00. The second-order valence-corrected chi connectivity index (χ2v) is 7.48. The van der Waals surface area contributed by atoms with Crippen molar-refractivity contribution in [2.24, 2.45) is 0 Å². The number of benzene rings is 1. The third-order valence-electron chi connectivity index (χ3n) is 5.36. The highest BCUT2D eigenvalue weighted by molar-refractivity contribution is 6.09. The molecule has 2 heterocycles. The van der Waals surface area contributed by atoms with Gasteiger partial charge in [-0.2, -0.15) is 0 Å². The summed E-state index contributed by atoms with van der Waals surface area (Å²) >= 11 is 0. The minimum absolute atomic E-state index is 0.0606. The Morgan fingerprint density at radius 2 is 2.10 bits per heavy atom. The summed E-state index contributed by atoms with van der Waals surface area (Å²) in [6, 6.07) is 3.76. The number of ether oxygens (including phenoxy) is 2. The van der Waals surface area contributed by atoms with Gasteiger partial charge in [0.25, 0.3) is 5.91 Å². The fraction of sp³-hybridized carbons (Fsp3) is 0.409. The molecule has 158 valence electrons. The lowest BCUT2D eigenvalue weighted by molar-refractivity contribution is -0.0402. The fourth-order valence-corrected chi connectivity index (χ4v) is 3.84. The molecule has 30 heavy (non-hydrogen) atoms. The Morgan fingerprint density at radius 3 is 2.90 bits per heavy atom. The first-order valence-electron chi connectivity index (χ1n) is 9.91. The van der Waals surface area contributed by atoms with E-state index in [1.807, 2.05) is 0 Å². The topological polar surface area (TPSA) is 86.0 Å². The number of Topliss-reactive ketones (excluding diaryl/α,β-unsaturated/α-hetero) is 2. The summed E-state index contributed by atoms with van der Waals surface area (Å²) in [5.74, 6) is -0.304. The molecular weight excluding hydrogens is 393 g/mol. The van der Waals surface area contributed by atoms with Gasteiger partial charge in [-0.25, -0.2) is 4.39 Å². The van der Waals surface area contributed by atoms with Crippen molar-refractivity contribution in [3.63, 3.8) is 0 Å². The average Bonchev–Trinajstić information content (AvgIpc) is 3.18. The molecule has 1 aliphatic carbocycles. The Balaban J connectivity index is 1.43. The summed E-state index contributed by atoms with van der Waals surface area (Å²) < 4.78 is 30.3. The number of aryl methyl sites for hydroxylation is 1. The molecule has 1 amide bonds. The molecule has 2 aliphatic rings. The number of amides is 1. The van der Waals surface area contributed by atoms with Crippen LogP contribution in [0.4, 0.5) is 4.39 Å². The molecule has 1 unspecified atom stereocenters. The minimum Gasteiger partial charge on any atom is -0.490 e. The van der Waals surface area contributed by atoms with E-state index in [9.17, 15) is 18.8 Å². The van der Waals surface area contributed by atoms with Gasteiger partial charge in [-0.05, 0) is 31.5 Å². The van der Waals surface area contributed by atoms with E-state index in [1.54, 1.807) is 4.90 Å². The second-order valence-electron chi connectivity index (χ2n) is 7.48. The van der Waals surface area contributed by atoms with Gasteiger partial charge in [-0.3, -0.25) is 14.4 Å². The number of carbonyl (C=O) groups excluding carboxylic acids is 3. The van der Waals surface area contributed by atoms with Crippen LogP contribution in [-0.2, 0) is 11.2 Å². The SMILES string of the molecule is CC(=O)c1cc(F)ccc1OCC1CN(C(=O)c2coc3c2C(=O)CCC3)CCO1.